The summed E-state index contributed by atoms with van der Waals surface area (Å²) in [4.78, 5) is 43.7. The summed E-state index contributed by atoms with van der Waals surface area (Å²) < 4.78 is 11.8. The van der Waals surface area contributed by atoms with Crippen LogP contribution in [0.1, 0.15) is 45.7 Å². The largest absolute Gasteiger partial charge is 0.496 e. The van der Waals surface area contributed by atoms with E-state index in [-0.39, 0.29) is 36.9 Å². The summed E-state index contributed by atoms with van der Waals surface area (Å²) in [6.45, 7) is 0.913. The minimum absolute atomic E-state index is 0. The normalized spacial score (nSPS) is 16.3. The molecule has 0 atom stereocenters. The summed E-state index contributed by atoms with van der Waals surface area (Å²) >= 11 is 0. The Morgan fingerprint density at radius 2 is 1.89 bits per heavy atom. The molecule has 3 heterocycles. The number of hydrogen-bond donors (Lipinski definition) is 1. The first-order valence-corrected chi connectivity index (χ1v) is 11.2. The maximum Gasteiger partial charge on any atom is 0.272 e. The SMILES string of the molecule is COc1cc(C(=O)N2CCC3(CC2)CC(=O)c2cc(CC(N)=O)ccc2O3)nc2ccccc12.Cl. The Morgan fingerprint density at radius 1 is 1.14 bits per heavy atom. The summed E-state index contributed by atoms with van der Waals surface area (Å²) in [6, 6.07) is 14.4. The first-order chi connectivity index (χ1) is 16.4. The number of aromatic nitrogens is 1. The number of ketones is 1. The molecule has 9 heteroatoms. The monoisotopic (exact) mass is 495 g/mol. The molecule has 5 rings (SSSR count). The zero-order valence-corrected chi connectivity index (χ0v) is 20.1. The van der Waals surface area contributed by atoms with E-state index in [1.54, 1.807) is 36.3 Å². The van der Waals surface area contributed by atoms with Crippen molar-refractivity contribution in [2.75, 3.05) is 20.2 Å². The second-order valence-corrected chi connectivity index (χ2v) is 8.88. The van der Waals surface area contributed by atoms with Crippen LogP contribution in [-0.2, 0) is 11.2 Å². The first kappa shape index (κ1) is 24.5. The lowest BCUT2D eigenvalue weighted by atomic mass is 9.82. The maximum atomic E-state index is 13.2. The molecular weight excluding hydrogens is 470 g/mol. The van der Waals surface area contributed by atoms with E-state index >= 15 is 0 Å². The lowest BCUT2D eigenvalue weighted by Crippen LogP contribution is -2.52. The van der Waals surface area contributed by atoms with E-state index in [0.29, 0.717) is 59.8 Å². The fraction of sp³-hybridized carbons (Fsp3) is 0.308. The molecule has 35 heavy (non-hydrogen) atoms. The van der Waals surface area contributed by atoms with Crippen LogP contribution < -0.4 is 15.2 Å². The number of methoxy groups -OCH3 is 1. The van der Waals surface area contributed by atoms with Gasteiger partial charge in [0.1, 0.15) is 22.8 Å². The van der Waals surface area contributed by atoms with Gasteiger partial charge in [0.2, 0.25) is 5.91 Å². The Balaban J connectivity index is 0.00000289. The highest BCUT2D eigenvalue weighted by Crippen LogP contribution is 2.40. The molecule has 1 saturated heterocycles. The number of primary amides is 1. The van der Waals surface area contributed by atoms with Gasteiger partial charge in [-0.2, -0.15) is 0 Å². The minimum Gasteiger partial charge on any atom is -0.496 e. The molecule has 1 spiro atoms. The molecular formula is C26H26ClN3O5. The van der Waals surface area contributed by atoms with Crippen LogP contribution in [-0.4, -0.2) is 53.3 Å². The van der Waals surface area contributed by atoms with Gasteiger partial charge in [0, 0.05) is 37.4 Å². The van der Waals surface area contributed by atoms with Gasteiger partial charge in [-0.25, -0.2) is 4.98 Å². The molecule has 2 aliphatic rings. The molecule has 3 aromatic rings. The van der Waals surface area contributed by atoms with Gasteiger partial charge < -0.3 is 20.1 Å². The highest BCUT2D eigenvalue weighted by Gasteiger charge is 2.44. The predicted molar refractivity (Wildman–Crippen MR) is 132 cm³/mol. The maximum absolute atomic E-state index is 13.2. The van der Waals surface area contributed by atoms with E-state index in [2.05, 4.69) is 4.98 Å². The van der Waals surface area contributed by atoms with Gasteiger partial charge in [-0.1, -0.05) is 18.2 Å². The Kier molecular flexibility index (Phi) is 6.67. The third kappa shape index (κ3) is 4.66. The van der Waals surface area contributed by atoms with Crippen molar-refractivity contribution in [3.8, 4) is 11.5 Å². The van der Waals surface area contributed by atoms with E-state index in [0.717, 1.165) is 5.39 Å². The van der Waals surface area contributed by atoms with Crippen molar-refractivity contribution in [1.82, 2.24) is 9.88 Å². The van der Waals surface area contributed by atoms with Crippen molar-refractivity contribution in [1.29, 1.82) is 0 Å². The van der Waals surface area contributed by atoms with Crippen molar-refractivity contribution in [3.63, 3.8) is 0 Å². The number of carbonyl (C=O) groups excluding carboxylic acids is 3. The Morgan fingerprint density at radius 3 is 2.60 bits per heavy atom. The molecule has 2 N–H and O–H groups in total. The van der Waals surface area contributed by atoms with Gasteiger partial charge in [-0.15, -0.1) is 12.4 Å². The van der Waals surface area contributed by atoms with Gasteiger partial charge in [0.25, 0.3) is 5.91 Å². The average Bonchev–Trinajstić information content (AvgIpc) is 2.83. The lowest BCUT2D eigenvalue weighted by molar-refractivity contribution is -0.117. The molecule has 1 aromatic heterocycles. The van der Waals surface area contributed by atoms with Crippen LogP contribution in [0.15, 0.2) is 48.5 Å². The number of ether oxygens (including phenoxy) is 2. The van der Waals surface area contributed by atoms with E-state index in [4.69, 9.17) is 15.2 Å². The van der Waals surface area contributed by atoms with Crippen molar-refractivity contribution in [2.24, 2.45) is 5.73 Å². The summed E-state index contributed by atoms with van der Waals surface area (Å²) in [5, 5.41) is 0.853. The molecule has 2 amide bonds. The Hall–Kier alpha value is -3.65. The number of nitrogens with zero attached hydrogens (tertiary/aromatic N) is 2. The fourth-order valence-corrected chi connectivity index (χ4v) is 4.83. The molecule has 8 nitrogen and oxygen atoms in total. The summed E-state index contributed by atoms with van der Waals surface area (Å²) in [7, 11) is 1.58. The zero-order chi connectivity index (χ0) is 23.9. The van der Waals surface area contributed by atoms with Crippen molar-refractivity contribution < 1.29 is 23.9 Å². The van der Waals surface area contributed by atoms with Crippen LogP contribution in [0.25, 0.3) is 10.9 Å². The van der Waals surface area contributed by atoms with Crippen LogP contribution >= 0.6 is 12.4 Å². The van der Waals surface area contributed by atoms with Gasteiger partial charge in [0.15, 0.2) is 5.78 Å². The van der Waals surface area contributed by atoms with Crippen LogP contribution in [0.2, 0.25) is 0 Å². The highest BCUT2D eigenvalue weighted by molar-refractivity contribution is 6.01. The van der Waals surface area contributed by atoms with Crippen molar-refractivity contribution in [3.05, 3.63) is 65.4 Å². The number of hydrogen-bond acceptors (Lipinski definition) is 6. The molecule has 1 fully saturated rings. The smallest absolute Gasteiger partial charge is 0.272 e. The number of piperidine rings is 1. The second-order valence-electron chi connectivity index (χ2n) is 8.88. The predicted octanol–water partition coefficient (Wildman–Crippen LogP) is 3.33. The van der Waals surface area contributed by atoms with Gasteiger partial charge in [-0.3, -0.25) is 14.4 Å². The molecule has 2 aromatic carbocycles. The van der Waals surface area contributed by atoms with E-state index in [9.17, 15) is 14.4 Å². The Labute approximate surface area is 208 Å². The number of para-hydroxylation sites is 1. The van der Waals surface area contributed by atoms with Crippen molar-refractivity contribution in [2.45, 2.75) is 31.3 Å². The zero-order valence-electron chi connectivity index (χ0n) is 19.3. The second kappa shape index (κ2) is 9.54. The molecule has 0 unspecified atom stereocenters. The fourth-order valence-electron chi connectivity index (χ4n) is 4.83. The van der Waals surface area contributed by atoms with E-state index in [1.807, 2.05) is 24.3 Å². The molecule has 0 radical (unpaired) electrons. The molecule has 0 aliphatic carbocycles. The van der Waals surface area contributed by atoms with Gasteiger partial charge in [0.05, 0.1) is 31.0 Å². The summed E-state index contributed by atoms with van der Waals surface area (Å²) in [5.41, 5.74) is 6.84. The summed E-state index contributed by atoms with van der Waals surface area (Å²) in [6.07, 6.45) is 1.40. The van der Waals surface area contributed by atoms with Gasteiger partial charge in [-0.05, 0) is 29.8 Å². The molecule has 2 aliphatic heterocycles. The number of rotatable bonds is 4. The number of halogens is 1. The van der Waals surface area contributed by atoms with Crippen LogP contribution in [0.3, 0.4) is 0 Å². The number of carbonyl (C=O) groups is 3. The van der Waals surface area contributed by atoms with Crippen LogP contribution in [0, 0.1) is 0 Å². The number of likely N-dealkylation sites (tertiary alicyclic amines) is 1. The summed E-state index contributed by atoms with van der Waals surface area (Å²) in [5.74, 6) is 0.489. The first-order valence-electron chi connectivity index (χ1n) is 11.2. The molecule has 0 bridgehead atoms. The number of nitrogens with two attached hydrogens (primary N) is 1. The van der Waals surface area contributed by atoms with Crippen molar-refractivity contribution >= 4 is 40.9 Å². The third-order valence-corrected chi connectivity index (χ3v) is 6.61. The lowest BCUT2D eigenvalue weighted by Gasteiger charge is -2.44. The third-order valence-electron chi connectivity index (χ3n) is 6.61. The molecule has 0 saturated carbocycles. The number of pyridine rings is 1. The standard InChI is InChI=1S/C26H25N3O5.ClH/c1-33-23-14-20(28-19-5-3-2-4-17(19)23)25(32)29-10-8-26(9-11-29)15-21(30)18-12-16(13-24(27)31)6-7-22(18)34-26;/h2-7,12,14H,8-11,13,15H2,1H3,(H2,27,31);1H. The number of benzene rings is 2. The minimum atomic E-state index is -0.638. The van der Waals surface area contributed by atoms with Gasteiger partial charge >= 0.3 is 0 Å². The number of Topliss-reactive ketones (excluding diaryl/α,β-unsaturated/α-hetero) is 1. The number of fused-ring (bicyclic) bond motifs is 2. The highest BCUT2D eigenvalue weighted by atomic mass is 35.5. The average molecular weight is 496 g/mol. The number of amides is 2. The van der Waals surface area contributed by atoms with Crippen LogP contribution in [0.4, 0.5) is 0 Å². The Bertz CT molecular complexity index is 1320. The van der Waals surface area contributed by atoms with Crippen LogP contribution in [0.5, 0.6) is 11.5 Å². The van der Waals surface area contributed by atoms with E-state index in [1.165, 1.54) is 0 Å². The quantitative estimate of drug-likeness (QED) is 0.594. The topological polar surface area (TPSA) is 112 Å². The molecule has 182 valence electrons. The van der Waals surface area contributed by atoms with E-state index < -0.39 is 11.5 Å².